The molecule has 3 nitrogen and oxygen atoms in total. The Hall–Kier alpha value is -2.07. The van der Waals surface area contributed by atoms with E-state index in [1.807, 2.05) is 6.92 Å². The van der Waals surface area contributed by atoms with Gasteiger partial charge in [-0.25, -0.2) is 4.39 Å². The van der Waals surface area contributed by atoms with Crippen LogP contribution in [0.3, 0.4) is 0 Å². The van der Waals surface area contributed by atoms with Crippen molar-refractivity contribution in [3.8, 4) is 0 Å². The molecule has 2 aromatic carbocycles. The Kier molecular flexibility index (Phi) is 3.95. The summed E-state index contributed by atoms with van der Waals surface area (Å²) in [5.74, 6) is -1.10. The van der Waals surface area contributed by atoms with Crippen molar-refractivity contribution in [1.29, 1.82) is 0 Å². The van der Waals surface area contributed by atoms with Gasteiger partial charge in [0.2, 0.25) is 0 Å². The number of nitrogens with two attached hydrogens (primary N) is 1. The predicted octanol–water partition coefficient (Wildman–Crippen LogP) is 3.93. The molecule has 0 fully saturated rings. The monoisotopic (exact) mass is 292 g/mol. The van der Waals surface area contributed by atoms with Gasteiger partial charge in [0, 0.05) is 16.4 Å². The summed E-state index contributed by atoms with van der Waals surface area (Å²) in [5.41, 5.74) is 7.64. The summed E-state index contributed by atoms with van der Waals surface area (Å²) in [4.78, 5) is 12.1. The summed E-state index contributed by atoms with van der Waals surface area (Å²) in [6.07, 6.45) is 0. The lowest BCUT2D eigenvalue weighted by atomic mass is 10.1. The van der Waals surface area contributed by atoms with E-state index in [0.29, 0.717) is 22.0 Å². The lowest BCUT2D eigenvalue weighted by Gasteiger charge is -2.11. The second kappa shape index (κ2) is 5.51. The molecule has 0 heterocycles. The fourth-order valence-corrected chi connectivity index (χ4v) is 2.15. The molecule has 0 aromatic heterocycles. The number of rotatable bonds is 2. The van der Waals surface area contributed by atoms with E-state index in [-0.39, 0.29) is 5.56 Å². The van der Waals surface area contributed by atoms with Crippen LogP contribution in [-0.4, -0.2) is 5.91 Å². The standard InChI is InChI=1S/C15H14ClFN2O/c1-8-5-10(16)3-4-13(8)19-15(20)12-7-11(18)6-9(2)14(12)17/h3-7H,18H2,1-2H3,(H,19,20). The molecule has 3 N–H and O–H groups in total. The van der Waals surface area contributed by atoms with Gasteiger partial charge in [0.05, 0.1) is 5.56 Å². The molecule has 0 unspecified atom stereocenters. The van der Waals surface area contributed by atoms with Crippen LogP contribution in [0.1, 0.15) is 21.5 Å². The fourth-order valence-electron chi connectivity index (χ4n) is 1.92. The number of hydrogen-bond acceptors (Lipinski definition) is 2. The molecule has 2 aromatic rings. The van der Waals surface area contributed by atoms with Crippen molar-refractivity contribution in [2.75, 3.05) is 11.1 Å². The number of aryl methyl sites for hydroxylation is 2. The van der Waals surface area contributed by atoms with Crippen LogP contribution in [0.4, 0.5) is 15.8 Å². The third kappa shape index (κ3) is 2.91. The van der Waals surface area contributed by atoms with Crippen molar-refractivity contribution in [3.05, 3.63) is 57.9 Å². The number of hydrogen-bond donors (Lipinski definition) is 2. The van der Waals surface area contributed by atoms with Crippen molar-refractivity contribution in [3.63, 3.8) is 0 Å². The van der Waals surface area contributed by atoms with E-state index in [0.717, 1.165) is 5.56 Å². The lowest BCUT2D eigenvalue weighted by molar-refractivity contribution is 0.102. The number of benzene rings is 2. The molecule has 5 heteroatoms. The van der Waals surface area contributed by atoms with Crippen LogP contribution < -0.4 is 11.1 Å². The van der Waals surface area contributed by atoms with Crippen LogP contribution in [0, 0.1) is 19.7 Å². The number of nitrogen functional groups attached to an aromatic ring is 1. The van der Waals surface area contributed by atoms with Gasteiger partial charge in [-0.05, 0) is 55.3 Å². The van der Waals surface area contributed by atoms with Crippen LogP contribution in [0.5, 0.6) is 0 Å². The minimum absolute atomic E-state index is 0.0724. The lowest BCUT2D eigenvalue weighted by Crippen LogP contribution is -2.15. The van der Waals surface area contributed by atoms with Gasteiger partial charge in [0.1, 0.15) is 5.82 Å². The SMILES string of the molecule is Cc1cc(Cl)ccc1NC(=O)c1cc(N)cc(C)c1F. The van der Waals surface area contributed by atoms with Crippen molar-refractivity contribution >= 4 is 28.9 Å². The first-order valence-electron chi connectivity index (χ1n) is 6.01. The van der Waals surface area contributed by atoms with Gasteiger partial charge >= 0.3 is 0 Å². The Bertz CT molecular complexity index is 686. The first-order chi connectivity index (χ1) is 9.38. The van der Waals surface area contributed by atoms with Gasteiger partial charge < -0.3 is 11.1 Å². The topological polar surface area (TPSA) is 55.1 Å². The highest BCUT2D eigenvalue weighted by molar-refractivity contribution is 6.30. The summed E-state index contributed by atoms with van der Waals surface area (Å²) >= 11 is 5.85. The van der Waals surface area contributed by atoms with Gasteiger partial charge in [0.25, 0.3) is 5.91 Å². The Morgan fingerprint density at radius 1 is 1.20 bits per heavy atom. The molecule has 0 aliphatic heterocycles. The molecule has 0 bridgehead atoms. The maximum atomic E-state index is 14.0. The summed E-state index contributed by atoms with van der Waals surface area (Å²) in [6.45, 7) is 3.37. The number of carbonyl (C=O) groups excluding carboxylic acids is 1. The quantitative estimate of drug-likeness (QED) is 0.824. The molecule has 0 saturated carbocycles. The number of anilines is 2. The zero-order chi connectivity index (χ0) is 14.9. The molecule has 1 amide bonds. The minimum atomic E-state index is -0.566. The number of nitrogens with one attached hydrogen (secondary N) is 1. The minimum Gasteiger partial charge on any atom is -0.399 e. The highest BCUT2D eigenvalue weighted by Gasteiger charge is 2.15. The van der Waals surface area contributed by atoms with E-state index in [1.54, 1.807) is 25.1 Å². The molecular formula is C15H14ClFN2O. The number of amides is 1. The molecule has 0 atom stereocenters. The van der Waals surface area contributed by atoms with Crippen LogP contribution in [0.15, 0.2) is 30.3 Å². The van der Waals surface area contributed by atoms with Crippen molar-refractivity contribution < 1.29 is 9.18 Å². The smallest absolute Gasteiger partial charge is 0.258 e. The third-order valence-electron chi connectivity index (χ3n) is 2.96. The van der Waals surface area contributed by atoms with E-state index >= 15 is 0 Å². The Morgan fingerprint density at radius 3 is 2.55 bits per heavy atom. The fraction of sp³-hybridized carbons (Fsp3) is 0.133. The van der Waals surface area contributed by atoms with Gasteiger partial charge in [-0.3, -0.25) is 4.79 Å². The van der Waals surface area contributed by atoms with Crippen molar-refractivity contribution in [2.24, 2.45) is 0 Å². The highest BCUT2D eigenvalue weighted by Crippen LogP contribution is 2.22. The van der Waals surface area contributed by atoms with Gasteiger partial charge in [0.15, 0.2) is 0 Å². The van der Waals surface area contributed by atoms with Gasteiger partial charge in [-0.2, -0.15) is 0 Å². The maximum absolute atomic E-state index is 14.0. The van der Waals surface area contributed by atoms with Crippen LogP contribution in [0.25, 0.3) is 0 Å². The number of halogens is 2. The first-order valence-corrected chi connectivity index (χ1v) is 6.39. The Morgan fingerprint density at radius 2 is 1.90 bits per heavy atom. The Balaban J connectivity index is 2.33. The maximum Gasteiger partial charge on any atom is 0.258 e. The molecule has 0 aliphatic carbocycles. The van der Waals surface area contributed by atoms with Crippen molar-refractivity contribution in [2.45, 2.75) is 13.8 Å². The van der Waals surface area contributed by atoms with Crippen LogP contribution >= 0.6 is 11.6 Å². The molecule has 0 spiro atoms. The molecule has 0 aliphatic rings. The van der Waals surface area contributed by atoms with E-state index in [4.69, 9.17) is 17.3 Å². The summed E-state index contributed by atoms with van der Waals surface area (Å²) in [6, 6.07) is 7.86. The molecular weight excluding hydrogens is 279 g/mol. The van der Waals surface area contributed by atoms with E-state index in [2.05, 4.69) is 5.32 Å². The number of carbonyl (C=O) groups is 1. The summed E-state index contributed by atoms with van der Waals surface area (Å²) in [5, 5.41) is 3.23. The van der Waals surface area contributed by atoms with Crippen LogP contribution in [-0.2, 0) is 0 Å². The average Bonchev–Trinajstić information content (AvgIpc) is 2.37. The largest absolute Gasteiger partial charge is 0.399 e. The molecule has 104 valence electrons. The third-order valence-corrected chi connectivity index (χ3v) is 3.19. The first kappa shape index (κ1) is 14.3. The molecule has 20 heavy (non-hydrogen) atoms. The predicted molar refractivity (Wildman–Crippen MR) is 79.7 cm³/mol. The van der Waals surface area contributed by atoms with Crippen LogP contribution in [0.2, 0.25) is 5.02 Å². The van der Waals surface area contributed by atoms with Crippen molar-refractivity contribution in [1.82, 2.24) is 0 Å². The summed E-state index contributed by atoms with van der Waals surface area (Å²) < 4.78 is 14.0. The van der Waals surface area contributed by atoms with Gasteiger partial charge in [-0.1, -0.05) is 11.6 Å². The normalized spacial score (nSPS) is 10.4. The highest BCUT2D eigenvalue weighted by atomic mass is 35.5. The van der Waals surface area contributed by atoms with Gasteiger partial charge in [-0.15, -0.1) is 0 Å². The van der Waals surface area contributed by atoms with E-state index in [9.17, 15) is 9.18 Å². The molecule has 0 saturated heterocycles. The van der Waals surface area contributed by atoms with E-state index < -0.39 is 11.7 Å². The second-order valence-electron chi connectivity index (χ2n) is 4.61. The molecule has 0 radical (unpaired) electrons. The zero-order valence-corrected chi connectivity index (χ0v) is 11.9. The molecule has 2 rings (SSSR count). The average molecular weight is 293 g/mol. The summed E-state index contributed by atoms with van der Waals surface area (Å²) in [7, 11) is 0. The van der Waals surface area contributed by atoms with E-state index in [1.165, 1.54) is 12.1 Å². The second-order valence-corrected chi connectivity index (χ2v) is 5.05. The Labute approximate surface area is 121 Å². The zero-order valence-electron chi connectivity index (χ0n) is 11.1.